The lowest BCUT2D eigenvalue weighted by Gasteiger charge is -2.41. The Bertz CT molecular complexity index is 721. The van der Waals surface area contributed by atoms with E-state index in [1.165, 1.54) is 31.7 Å². The van der Waals surface area contributed by atoms with Crippen LogP contribution >= 0.6 is 0 Å². The summed E-state index contributed by atoms with van der Waals surface area (Å²) in [5.74, 6) is 1.90. The monoisotopic (exact) mass is 314 g/mol. The van der Waals surface area contributed by atoms with Gasteiger partial charge in [0.2, 0.25) is 0 Å². The first-order valence-corrected chi connectivity index (χ1v) is 9.00. The van der Waals surface area contributed by atoms with E-state index >= 15 is 0 Å². The van der Waals surface area contributed by atoms with E-state index in [1.54, 1.807) is 12.1 Å². The van der Waals surface area contributed by atoms with Crippen LogP contribution < -0.4 is 0 Å². The van der Waals surface area contributed by atoms with Gasteiger partial charge < -0.3 is 0 Å². The lowest BCUT2D eigenvalue weighted by atomic mass is 9.64. The summed E-state index contributed by atoms with van der Waals surface area (Å²) in [5, 5.41) is 0.829. The van der Waals surface area contributed by atoms with Crippen molar-refractivity contribution in [3.63, 3.8) is 0 Å². The van der Waals surface area contributed by atoms with Gasteiger partial charge in [0, 0.05) is 0 Å². The van der Waals surface area contributed by atoms with Crippen LogP contribution in [0.25, 0.3) is 10.8 Å². The molecule has 2 aromatic carbocycles. The van der Waals surface area contributed by atoms with Crippen LogP contribution in [0.1, 0.15) is 56.9 Å². The largest absolute Gasteiger partial charge is 0.206 e. The molecule has 4 unspecified atom stereocenters. The summed E-state index contributed by atoms with van der Waals surface area (Å²) < 4.78 is 29.0. The van der Waals surface area contributed by atoms with E-state index in [-0.39, 0.29) is 17.1 Å². The first kappa shape index (κ1) is 15.1. The predicted octanol–water partition coefficient (Wildman–Crippen LogP) is 6.44. The van der Waals surface area contributed by atoms with Crippen molar-refractivity contribution in [2.45, 2.75) is 51.4 Å². The Morgan fingerprint density at radius 3 is 2.52 bits per heavy atom. The van der Waals surface area contributed by atoms with Gasteiger partial charge in [0.1, 0.15) is 11.6 Å². The molecule has 2 aliphatic rings. The summed E-state index contributed by atoms with van der Waals surface area (Å²) in [4.78, 5) is 0. The molecular weight excluding hydrogens is 290 g/mol. The second kappa shape index (κ2) is 5.89. The molecule has 23 heavy (non-hydrogen) atoms. The SMILES string of the molecule is CC1CCC2CC(c3ccc4cccc(F)c4c3F)CCC2C1. The zero-order chi connectivity index (χ0) is 16.0. The molecule has 0 spiro atoms. The van der Waals surface area contributed by atoms with Gasteiger partial charge in [-0.05, 0) is 72.8 Å². The van der Waals surface area contributed by atoms with E-state index in [0.29, 0.717) is 5.39 Å². The molecule has 0 N–H and O–H groups in total. The molecule has 2 fully saturated rings. The summed E-state index contributed by atoms with van der Waals surface area (Å²) in [5.41, 5.74) is 0.736. The molecule has 0 amide bonds. The van der Waals surface area contributed by atoms with Gasteiger partial charge >= 0.3 is 0 Å². The third-order valence-electron chi connectivity index (χ3n) is 6.28. The fourth-order valence-corrected chi connectivity index (χ4v) is 5.03. The molecule has 2 heteroatoms. The van der Waals surface area contributed by atoms with E-state index in [0.717, 1.165) is 36.2 Å². The highest BCUT2D eigenvalue weighted by Gasteiger charge is 2.35. The number of halogens is 2. The van der Waals surface area contributed by atoms with Crippen molar-refractivity contribution in [3.05, 3.63) is 47.5 Å². The molecule has 4 rings (SSSR count). The minimum Gasteiger partial charge on any atom is -0.206 e. The normalized spacial score (nSPS) is 31.1. The third-order valence-corrected chi connectivity index (χ3v) is 6.28. The highest BCUT2D eigenvalue weighted by Crippen LogP contribution is 2.48. The van der Waals surface area contributed by atoms with Gasteiger partial charge in [-0.15, -0.1) is 0 Å². The predicted molar refractivity (Wildman–Crippen MR) is 90.5 cm³/mol. The maximum atomic E-state index is 15.0. The summed E-state index contributed by atoms with van der Waals surface area (Å²) >= 11 is 0. The van der Waals surface area contributed by atoms with Gasteiger partial charge in [-0.1, -0.05) is 37.6 Å². The van der Waals surface area contributed by atoms with Crippen molar-refractivity contribution in [2.24, 2.45) is 17.8 Å². The highest BCUT2D eigenvalue weighted by atomic mass is 19.1. The van der Waals surface area contributed by atoms with E-state index in [4.69, 9.17) is 0 Å². The maximum Gasteiger partial charge on any atom is 0.137 e. The van der Waals surface area contributed by atoms with Crippen molar-refractivity contribution in [1.29, 1.82) is 0 Å². The Morgan fingerprint density at radius 2 is 1.65 bits per heavy atom. The summed E-state index contributed by atoms with van der Waals surface area (Å²) in [7, 11) is 0. The van der Waals surface area contributed by atoms with Crippen LogP contribution in [-0.2, 0) is 0 Å². The molecule has 122 valence electrons. The van der Waals surface area contributed by atoms with E-state index in [2.05, 4.69) is 6.92 Å². The number of fused-ring (bicyclic) bond motifs is 2. The van der Waals surface area contributed by atoms with Gasteiger partial charge in [-0.3, -0.25) is 0 Å². The van der Waals surface area contributed by atoms with E-state index in [9.17, 15) is 8.78 Å². The second-order valence-corrected chi connectivity index (χ2v) is 7.76. The summed E-state index contributed by atoms with van der Waals surface area (Å²) in [6.07, 6.45) is 7.26. The molecule has 0 bridgehead atoms. The van der Waals surface area contributed by atoms with Gasteiger partial charge in [-0.2, -0.15) is 0 Å². The second-order valence-electron chi connectivity index (χ2n) is 7.76. The quantitative estimate of drug-likeness (QED) is 0.568. The van der Waals surface area contributed by atoms with Gasteiger partial charge in [0.25, 0.3) is 0 Å². The zero-order valence-electron chi connectivity index (χ0n) is 13.7. The van der Waals surface area contributed by atoms with Crippen molar-refractivity contribution < 1.29 is 8.78 Å². The van der Waals surface area contributed by atoms with Crippen LogP contribution in [0.2, 0.25) is 0 Å². The lowest BCUT2D eigenvalue weighted by molar-refractivity contribution is 0.124. The van der Waals surface area contributed by atoms with Gasteiger partial charge in [0.15, 0.2) is 0 Å². The minimum absolute atomic E-state index is 0.171. The van der Waals surface area contributed by atoms with Crippen LogP contribution in [0.3, 0.4) is 0 Å². The number of hydrogen-bond acceptors (Lipinski definition) is 0. The lowest BCUT2D eigenvalue weighted by Crippen LogP contribution is -2.29. The summed E-state index contributed by atoms with van der Waals surface area (Å²) in [6, 6.07) is 8.56. The summed E-state index contributed by atoms with van der Waals surface area (Å²) in [6.45, 7) is 2.36. The molecular formula is C21H24F2. The average molecular weight is 314 g/mol. The smallest absolute Gasteiger partial charge is 0.137 e. The Morgan fingerprint density at radius 1 is 0.870 bits per heavy atom. The average Bonchev–Trinajstić information content (AvgIpc) is 2.55. The third kappa shape index (κ3) is 2.66. The zero-order valence-corrected chi connectivity index (χ0v) is 13.7. The molecule has 4 atom stereocenters. The van der Waals surface area contributed by atoms with Crippen LogP contribution in [0.5, 0.6) is 0 Å². The van der Waals surface area contributed by atoms with E-state index in [1.807, 2.05) is 12.1 Å². The van der Waals surface area contributed by atoms with Crippen molar-refractivity contribution >= 4 is 10.8 Å². The van der Waals surface area contributed by atoms with Crippen LogP contribution in [0.15, 0.2) is 30.3 Å². The Balaban J connectivity index is 1.65. The number of hydrogen-bond donors (Lipinski definition) is 0. The molecule has 2 saturated carbocycles. The molecule has 0 nitrogen and oxygen atoms in total. The van der Waals surface area contributed by atoms with Crippen molar-refractivity contribution in [1.82, 2.24) is 0 Å². The molecule has 0 radical (unpaired) electrons. The molecule has 0 heterocycles. The molecule has 2 aromatic rings. The number of rotatable bonds is 1. The standard InChI is InChI=1S/C21H24F2/c1-13-5-6-16-12-17(8-7-15(16)11-13)18-10-9-14-3-2-4-19(22)20(14)21(18)23/h2-4,9-10,13,15-17H,5-8,11-12H2,1H3. The fraction of sp³-hybridized carbons (Fsp3) is 0.524. The van der Waals surface area contributed by atoms with E-state index < -0.39 is 5.82 Å². The van der Waals surface area contributed by atoms with Crippen LogP contribution in [0.4, 0.5) is 8.78 Å². The maximum absolute atomic E-state index is 15.0. The van der Waals surface area contributed by atoms with Crippen LogP contribution in [-0.4, -0.2) is 0 Å². The molecule has 0 aliphatic heterocycles. The minimum atomic E-state index is -0.443. The Hall–Kier alpha value is -1.44. The number of benzene rings is 2. The Kier molecular flexibility index (Phi) is 3.87. The van der Waals surface area contributed by atoms with Gasteiger partial charge in [0.05, 0.1) is 5.39 Å². The first-order valence-electron chi connectivity index (χ1n) is 9.00. The molecule has 2 aliphatic carbocycles. The van der Waals surface area contributed by atoms with Gasteiger partial charge in [-0.25, -0.2) is 8.78 Å². The fourth-order valence-electron chi connectivity index (χ4n) is 5.03. The van der Waals surface area contributed by atoms with Crippen molar-refractivity contribution in [3.8, 4) is 0 Å². The Labute approximate surface area is 136 Å². The van der Waals surface area contributed by atoms with Crippen LogP contribution in [0, 0.1) is 29.4 Å². The topological polar surface area (TPSA) is 0 Å². The highest BCUT2D eigenvalue weighted by molar-refractivity contribution is 5.84. The van der Waals surface area contributed by atoms with Crippen molar-refractivity contribution in [2.75, 3.05) is 0 Å². The molecule has 0 aromatic heterocycles. The first-order chi connectivity index (χ1) is 11.1. The molecule has 0 saturated heterocycles.